The van der Waals surface area contributed by atoms with Crippen LogP contribution in [0.15, 0.2) is 33.3 Å². The SMILES string of the molecule is Fc1cc(Br)ccc1-c1cc(CBr)on1. The summed E-state index contributed by atoms with van der Waals surface area (Å²) in [4.78, 5) is 0. The summed E-state index contributed by atoms with van der Waals surface area (Å²) < 4.78 is 19.2. The second-order valence-corrected chi connectivity index (χ2v) is 4.41. The van der Waals surface area contributed by atoms with E-state index in [1.54, 1.807) is 18.2 Å². The van der Waals surface area contributed by atoms with Crippen molar-refractivity contribution in [2.75, 3.05) is 0 Å². The Morgan fingerprint density at radius 2 is 2.13 bits per heavy atom. The van der Waals surface area contributed by atoms with Crippen molar-refractivity contribution in [3.8, 4) is 11.3 Å². The molecular weight excluding hydrogens is 329 g/mol. The monoisotopic (exact) mass is 333 g/mol. The molecule has 0 spiro atoms. The van der Waals surface area contributed by atoms with Crippen LogP contribution >= 0.6 is 31.9 Å². The van der Waals surface area contributed by atoms with Crippen molar-refractivity contribution in [2.45, 2.75) is 5.33 Å². The average Bonchev–Trinajstić information content (AvgIpc) is 2.66. The van der Waals surface area contributed by atoms with Crippen molar-refractivity contribution in [2.24, 2.45) is 0 Å². The highest BCUT2D eigenvalue weighted by Crippen LogP contribution is 2.25. The molecule has 0 saturated carbocycles. The zero-order chi connectivity index (χ0) is 10.8. The number of alkyl halides is 1. The maximum atomic E-state index is 13.5. The smallest absolute Gasteiger partial charge is 0.147 e. The maximum absolute atomic E-state index is 13.5. The van der Waals surface area contributed by atoms with Gasteiger partial charge in [0.15, 0.2) is 0 Å². The summed E-state index contributed by atoms with van der Waals surface area (Å²) in [5.74, 6) is 0.353. The minimum absolute atomic E-state index is 0.321. The third-order valence-corrected chi connectivity index (χ3v) is 2.94. The highest BCUT2D eigenvalue weighted by Gasteiger charge is 2.10. The first kappa shape index (κ1) is 10.8. The van der Waals surface area contributed by atoms with Gasteiger partial charge in [-0.15, -0.1) is 0 Å². The molecule has 1 aromatic heterocycles. The lowest BCUT2D eigenvalue weighted by atomic mass is 10.1. The molecule has 1 heterocycles. The molecule has 0 aliphatic rings. The summed E-state index contributed by atoms with van der Waals surface area (Å²) in [6.07, 6.45) is 0. The van der Waals surface area contributed by atoms with Crippen LogP contribution < -0.4 is 0 Å². The molecule has 0 radical (unpaired) electrons. The molecule has 2 nitrogen and oxygen atoms in total. The molecule has 0 fully saturated rings. The Morgan fingerprint density at radius 1 is 1.33 bits per heavy atom. The van der Waals surface area contributed by atoms with Crippen LogP contribution in [0.3, 0.4) is 0 Å². The fraction of sp³-hybridized carbons (Fsp3) is 0.100. The van der Waals surface area contributed by atoms with E-state index < -0.39 is 0 Å². The summed E-state index contributed by atoms with van der Waals surface area (Å²) in [6.45, 7) is 0. The van der Waals surface area contributed by atoms with E-state index in [2.05, 4.69) is 37.0 Å². The Bertz CT molecular complexity index is 484. The molecule has 0 unspecified atom stereocenters. The number of hydrogen-bond donors (Lipinski definition) is 0. The van der Waals surface area contributed by atoms with Gasteiger partial charge in [-0.1, -0.05) is 37.0 Å². The molecule has 2 rings (SSSR count). The van der Waals surface area contributed by atoms with Gasteiger partial charge in [0.05, 0.1) is 5.33 Å². The van der Waals surface area contributed by atoms with Crippen LogP contribution in [0.25, 0.3) is 11.3 Å². The number of hydrogen-bond acceptors (Lipinski definition) is 2. The minimum atomic E-state index is -0.321. The van der Waals surface area contributed by atoms with E-state index in [4.69, 9.17) is 4.52 Å². The van der Waals surface area contributed by atoms with Gasteiger partial charge in [0.2, 0.25) is 0 Å². The number of nitrogens with zero attached hydrogens (tertiary/aromatic N) is 1. The van der Waals surface area contributed by atoms with Crippen LogP contribution in [0.5, 0.6) is 0 Å². The van der Waals surface area contributed by atoms with Crippen molar-refractivity contribution in [3.63, 3.8) is 0 Å². The lowest BCUT2D eigenvalue weighted by Gasteiger charge is -1.98. The zero-order valence-electron chi connectivity index (χ0n) is 7.51. The summed E-state index contributed by atoms with van der Waals surface area (Å²) >= 11 is 6.43. The molecule has 5 heteroatoms. The predicted molar refractivity (Wildman–Crippen MR) is 62.2 cm³/mol. The lowest BCUT2D eigenvalue weighted by molar-refractivity contribution is 0.397. The molecule has 0 saturated heterocycles. The molecule has 1 aromatic carbocycles. The van der Waals surface area contributed by atoms with E-state index in [0.717, 1.165) is 0 Å². The molecular formula is C10H6Br2FNO. The predicted octanol–water partition coefficient (Wildman–Crippen LogP) is 4.14. The number of rotatable bonds is 2. The van der Waals surface area contributed by atoms with Crippen LogP contribution in [0.2, 0.25) is 0 Å². The largest absolute Gasteiger partial charge is 0.360 e. The Kier molecular flexibility index (Phi) is 3.21. The molecule has 2 aromatic rings. The lowest BCUT2D eigenvalue weighted by Crippen LogP contribution is -1.83. The fourth-order valence-corrected chi connectivity index (χ4v) is 1.80. The van der Waals surface area contributed by atoms with Crippen molar-refractivity contribution < 1.29 is 8.91 Å². The third-order valence-electron chi connectivity index (χ3n) is 1.90. The normalized spacial score (nSPS) is 10.6. The maximum Gasteiger partial charge on any atom is 0.147 e. The summed E-state index contributed by atoms with van der Waals surface area (Å²) in [5, 5.41) is 4.36. The second-order valence-electron chi connectivity index (χ2n) is 2.94. The van der Waals surface area contributed by atoms with Gasteiger partial charge in [-0.25, -0.2) is 4.39 Å². The Morgan fingerprint density at radius 3 is 2.73 bits per heavy atom. The van der Waals surface area contributed by atoms with E-state index in [-0.39, 0.29) is 5.82 Å². The van der Waals surface area contributed by atoms with Crippen LogP contribution in [-0.4, -0.2) is 5.16 Å². The van der Waals surface area contributed by atoms with Crippen molar-refractivity contribution >= 4 is 31.9 Å². The molecule has 0 aliphatic heterocycles. The third kappa shape index (κ3) is 2.29. The molecule has 0 bridgehead atoms. The average molecular weight is 335 g/mol. The minimum Gasteiger partial charge on any atom is -0.360 e. The highest BCUT2D eigenvalue weighted by atomic mass is 79.9. The van der Waals surface area contributed by atoms with E-state index in [0.29, 0.717) is 26.8 Å². The number of benzene rings is 1. The number of aromatic nitrogens is 1. The quantitative estimate of drug-likeness (QED) is 0.771. The van der Waals surface area contributed by atoms with E-state index in [1.807, 2.05) is 0 Å². The van der Waals surface area contributed by atoms with Crippen molar-refractivity contribution in [3.05, 3.63) is 40.3 Å². The Hall–Kier alpha value is -0.680. The van der Waals surface area contributed by atoms with E-state index >= 15 is 0 Å². The summed E-state index contributed by atoms with van der Waals surface area (Å²) in [7, 11) is 0. The van der Waals surface area contributed by atoms with Crippen LogP contribution in [-0.2, 0) is 5.33 Å². The van der Waals surface area contributed by atoms with Gasteiger partial charge in [-0.2, -0.15) is 0 Å². The van der Waals surface area contributed by atoms with Gasteiger partial charge < -0.3 is 4.52 Å². The molecule has 0 amide bonds. The van der Waals surface area contributed by atoms with Crippen LogP contribution in [0.1, 0.15) is 5.76 Å². The van der Waals surface area contributed by atoms with Crippen molar-refractivity contribution in [1.82, 2.24) is 5.16 Å². The first-order valence-electron chi connectivity index (χ1n) is 4.17. The van der Waals surface area contributed by atoms with Gasteiger partial charge in [0.25, 0.3) is 0 Å². The van der Waals surface area contributed by atoms with Gasteiger partial charge in [0, 0.05) is 16.1 Å². The molecule has 15 heavy (non-hydrogen) atoms. The molecule has 0 aliphatic carbocycles. The zero-order valence-corrected chi connectivity index (χ0v) is 10.7. The molecule has 0 atom stereocenters. The van der Waals surface area contributed by atoms with E-state index in [9.17, 15) is 4.39 Å². The first-order chi connectivity index (χ1) is 7.20. The van der Waals surface area contributed by atoms with Gasteiger partial charge in [0.1, 0.15) is 17.3 Å². The molecule has 78 valence electrons. The summed E-state index contributed by atoms with van der Waals surface area (Å²) in [5.41, 5.74) is 0.948. The standard InChI is InChI=1S/C10H6Br2FNO/c11-5-7-4-10(14-15-7)8-2-1-6(12)3-9(8)13/h1-4H,5H2. The topological polar surface area (TPSA) is 26.0 Å². The van der Waals surface area contributed by atoms with Gasteiger partial charge in [-0.05, 0) is 18.2 Å². The van der Waals surface area contributed by atoms with Crippen LogP contribution in [0.4, 0.5) is 4.39 Å². The van der Waals surface area contributed by atoms with Crippen molar-refractivity contribution in [1.29, 1.82) is 0 Å². The van der Waals surface area contributed by atoms with Gasteiger partial charge >= 0.3 is 0 Å². The second kappa shape index (κ2) is 4.45. The first-order valence-corrected chi connectivity index (χ1v) is 6.09. The van der Waals surface area contributed by atoms with E-state index in [1.165, 1.54) is 6.07 Å². The molecule has 0 N–H and O–H groups in total. The highest BCUT2D eigenvalue weighted by molar-refractivity contribution is 9.10. The summed E-state index contributed by atoms with van der Waals surface area (Å²) in [6, 6.07) is 6.54. The van der Waals surface area contributed by atoms with Crippen LogP contribution in [0, 0.1) is 5.82 Å². The number of halogens is 3. The fourth-order valence-electron chi connectivity index (χ4n) is 1.20. The Labute approximate surface area is 103 Å². The van der Waals surface area contributed by atoms with Gasteiger partial charge in [-0.3, -0.25) is 0 Å². The Balaban J connectivity index is 2.44.